The molecule has 6 nitrogen and oxygen atoms in total. The van der Waals surface area contributed by atoms with Crippen LogP contribution in [0.15, 0.2) is 72.8 Å². The third-order valence-electron chi connectivity index (χ3n) is 4.25. The number of anilines is 4. The van der Waals surface area contributed by atoms with Crippen LogP contribution in [0.5, 0.6) is 11.5 Å². The number of fused-ring (bicyclic) bond motifs is 1. The minimum atomic E-state index is 0.479. The molecule has 140 valence electrons. The fourth-order valence-corrected chi connectivity index (χ4v) is 2.89. The number of para-hydroxylation sites is 2. The van der Waals surface area contributed by atoms with E-state index in [1.54, 1.807) is 14.2 Å². The molecule has 0 aliphatic heterocycles. The molecule has 1 heterocycles. The van der Waals surface area contributed by atoms with Crippen LogP contribution in [0.1, 0.15) is 0 Å². The third-order valence-corrected chi connectivity index (χ3v) is 4.25. The molecular weight excluding hydrogens is 352 g/mol. The Labute approximate surface area is 163 Å². The number of hydrogen-bond acceptors (Lipinski definition) is 6. The van der Waals surface area contributed by atoms with Crippen molar-refractivity contribution in [2.24, 2.45) is 0 Å². The molecular formula is C22H20N4O2. The van der Waals surface area contributed by atoms with Crippen molar-refractivity contribution in [1.82, 2.24) is 9.97 Å². The van der Waals surface area contributed by atoms with Crippen LogP contribution in [-0.2, 0) is 0 Å². The second-order valence-electron chi connectivity index (χ2n) is 6.13. The van der Waals surface area contributed by atoms with Gasteiger partial charge in [0.25, 0.3) is 0 Å². The molecule has 4 aromatic rings. The number of methoxy groups -OCH3 is 2. The smallest absolute Gasteiger partial charge is 0.229 e. The van der Waals surface area contributed by atoms with Crippen molar-refractivity contribution in [3.63, 3.8) is 0 Å². The van der Waals surface area contributed by atoms with Crippen molar-refractivity contribution in [2.45, 2.75) is 0 Å². The van der Waals surface area contributed by atoms with Crippen LogP contribution in [0.3, 0.4) is 0 Å². The van der Waals surface area contributed by atoms with Gasteiger partial charge in [0.2, 0.25) is 5.95 Å². The van der Waals surface area contributed by atoms with Crippen molar-refractivity contribution in [1.29, 1.82) is 0 Å². The lowest BCUT2D eigenvalue weighted by Crippen LogP contribution is -2.02. The van der Waals surface area contributed by atoms with Crippen molar-refractivity contribution in [3.8, 4) is 11.5 Å². The molecule has 0 aliphatic carbocycles. The van der Waals surface area contributed by atoms with E-state index in [4.69, 9.17) is 9.47 Å². The summed E-state index contributed by atoms with van der Waals surface area (Å²) in [6, 6.07) is 23.4. The summed E-state index contributed by atoms with van der Waals surface area (Å²) < 4.78 is 10.7. The molecule has 0 spiro atoms. The highest BCUT2D eigenvalue weighted by Gasteiger charge is 2.10. The first-order valence-corrected chi connectivity index (χ1v) is 8.84. The molecule has 0 unspecified atom stereocenters. The molecule has 28 heavy (non-hydrogen) atoms. The van der Waals surface area contributed by atoms with E-state index >= 15 is 0 Å². The zero-order chi connectivity index (χ0) is 19.3. The van der Waals surface area contributed by atoms with Crippen molar-refractivity contribution in [3.05, 3.63) is 72.8 Å². The number of hydrogen-bond donors (Lipinski definition) is 2. The van der Waals surface area contributed by atoms with Crippen LogP contribution in [0.2, 0.25) is 0 Å². The SMILES string of the molecule is COc1cc(Nc2nc(Nc3ccccc3)c3ccccc3n2)cc(OC)c1. The van der Waals surface area contributed by atoms with Gasteiger partial charge in [-0.15, -0.1) is 0 Å². The van der Waals surface area contributed by atoms with Gasteiger partial charge in [-0.2, -0.15) is 4.98 Å². The second-order valence-corrected chi connectivity index (χ2v) is 6.13. The van der Waals surface area contributed by atoms with Crippen LogP contribution < -0.4 is 20.1 Å². The summed E-state index contributed by atoms with van der Waals surface area (Å²) in [5, 5.41) is 7.57. The topological polar surface area (TPSA) is 68.3 Å². The summed E-state index contributed by atoms with van der Waals surface area (Å²) in [6.45, 7) is 0. The normalized spacial score (nSPS) is 10.5. The number of rotatable bonds is 6. The highest BCUT2D eigenvalue weighted by atomic mass is 16.5. The highest BCUT2D eigenvalue weighted by molar-refractivity contribution is 5.92. The summed E-state index contributed by atoms with van der Waals surface area (Å²) >= 11 is 0. The summed E-state index contributed by atoms with van der Waals surface area (Å²) in [5.74, 6) is 2.58. The second kappa shape index (κ2) is 7.84. The van der Waals surface area contributed by atoms with Crippen LogP contribution >= 0.6 is 0 Å². The third kappa shape index (κ3) is 3.81. The van der Waals surface area contributed by atoms with E-state index in [-0.39, 0.29) is 0 Å². The van der Waals surface area contributed by atoms with E-state index in [2.05, 4.69) is 20.6 Å². The van der Waals surface area contributed by atoms with Gasteiger partial charge in [-0.25, -0.2) is 4.98 Å². The number of nitrogens with zero attached hydrogens (tertiary/aromatic N) is 2. The Morgan fingerprint density at radius 1 is 0.679 bits per heavy atom. The molecule has 0 aliphatic rings. The quantitative estimate of drug-likeness (QED) is 0.489. The van der Waals surface area contributed by atoms with Gasteiger partial charge in [-0.1, -0.05) is 30.3 Å². The number of nitrogens with one attached hydrogen (secondary N) is 2. The lowest BCUT2D eigenvalue weighted by atomic mass is 10.2. The van der Waals surface area contributed by atoms with Gasteiger partial charge in [0.05, 0.1) is 19.7 Å². The fraction of sp³-hybridized carbons (Fsp3) is 0.0909. The maximum atomic E-state index is 5.33. The van der Waals surface area contributed by atoms with Gasteiger partial charge < -0.3 is 20.1 Å². The average Bonchev–Trinajstić information content (AvgIpc) is 2.74. The predicted molar refractivity (Wildman–Crippen MR) is 112 cm³/mol. The Morgan fingerprint density at radius 3 is 2.07 bits per heavy atom. The summed E-state index contributed by atoms with van der Waals surface area (Å²) in [7, 11) is 3.24. The molecule has 0 saturated heterocycles. The molecule has 0 atom stereocenters. The number of benzene rings is 3. The first kappa shape index (κ1) is 17.6. The Balaban J connectivity index is 1.74. The van der Waals surface area contributed by atoms with Crippen molar-refractivity contribution < 1.29 is 9.47 Å². The molecule has 1 aromatic heterocycles. The molecule has 2 N–H and O–H groups in total. The van der Waals surface area contributed by atoms with Crippen LogP contribution in [0.25, 0.3) is 10.9 Å². The zero-order valence-corrected chi connectivity index (χ0v) is 15.6. The monoisotopic (exact) mass is 372 g/mol. The minimum Gasteiger partial charge on any atom is -0.497 e. The maximum Gasteiger partial charge on any atom is 0.229 e. The molecule has 0 bridgehead atoms. The fourth-order valence-electron chi connectivity index (χ4n) is 2.89. The predicted octanol–water partition coefficient (Wildman–Crippen LogP) is 5.13. The maximum absolute atomic E-state index is 5.33. The van der Waals surface area contributed by atoms with Gasteiger partial charge in [0, 0.05) is 35.0 Å². The van der Waals surface area contributed by atoms with E-state index in [0.717, 1.165) is 28.1 Å². The summed E-state index contributed by atoms with van der Waals surface area (Å²) in [6.07, 6.45) is 0. The zero-order valence-electron chi connectivity index (χ0n) is 15.6. The molecule has 3 aromatic carbocycles. The van der Waals surface area contributed by atoms with E-state index < -0.39 is 0 Å². The first-order valence-electron chi connectivity index (χ1n) is 8.84. The van der Waals surface area contributed by atoms with Gasteiger partial charge in [0.1, 0.15) is 17.3 Å². The Bertz CT molecular complexity index is 1080. The largest absolute Gasteiger partial charge is 0.497 e. The first-order chi connectivity index (χ1) is 13.7. The Hall–Kier alpha value is -3.80. The van der Waals surface area contributed by atoms with E-state index in [1.165, 1.54) is 0 Å². The molecule has 0 fully saturated rings. The van der Waals surface area contributed by atoms with Crippen LogP contribution in [0, 0.1) is 0 Å². The summed E-state index contributed by atoms with van der Waals surface area (Å²) in [5.41, 5.74) is 2.57. The van der Waals surface area contributed by atoms with Gasteiger partial charge in [-0.05, 0) is 24.3 Å². The molecule has 0 amide bonds. The molecule has 0 saturated carbocycles. The number of aromatic nitrogens is 2. The van der Waals surface area contributed by atoms with E-state index in [1.807, 2.05) is 72.8 Å². The minimum absolute atomic E-state index is 0.479. The van der Waals surface area contributed by atoms with Crippen LogP contribution in [-0.4, -0.2) is 24.2 Å². The standard InChI is InChI=1S/C22H20N4O2/c1-27-17-12-16(13-18(14-17)28-2)24-22-25-20-11-7-6-10-19(20)21(26-22)23-15-8-4-3-5-9-15/h3-14H,1-2H3,(H2,23,24,25,26). The van der Waals surface area contributed by atoms with E-state index in [9.17, 15) is 0 Å². The molecule has 4 rings (SSSR count). The van der Waals surface area contributed by atoms with Crippen molar-refractivity contribution in [2.75, 3.05) is 24.9 Å². The van der Waals surface area contributed by atoms with Crippen LogP contribution in [0.4, 0.5) is 23.1 Å². The van der Waals surface area contributed by atoms with Gasteiger partial charge in [0.15, 0.2) is 0 Å². The Kier molecular flexibility index (Phi) is 4.93. The number of ether oxygens (including phenoxy) is 2. The van der Waals surface area contributed by atoms with Gasteiger partial charge >= 0.3 is 0 Å². The summed E-state index contributed by atoms with van der Waals surface area (Å²) in [4.78, 5) is 9.33. The van der Waals surface area contributed by atoms with Crippen molar-refractivity contribution >= 4 is 34.0 Å². The lowest BCUT2D eigenvalue weighted by molar-refractivity contribution is 0.395. The van der Waals surface area contributed by atoms with Gasteiger partial charge in [-0.3, -0.25) is 0 Å². The average molecular weight is 372 g/mol. The molecule has 0 radical (unpaired) electrons. The Morgan fingerprint density at radius 2 is 1.36 bits per heavy atom. The highest BCUT2D eigenvalue weighted by Crippen LogP contribution is 2.29. The van der Waals surface area contributed by atoms with E-state index in [0.29, 0.717) is 17.4 Å². The molecule has 6 heteroatoms. The lowest BCUT2D eigenvalue weighted by Gasteiger charge is -2.13.